The smallest absolute Gasteiger partial charge is 0.261 e. The summed E-state index contributed by atoms with van der Waals surface area (Å²) in [5.41, 5.74) is 2.15. The Morgan fingerprint density at radius 2 is 1.25 bits per heavy atom. The van der Waals surface area contributed by atoms with Crippen LogP contribution in [0.4, 0.5) is 5.69 Å². The van der Waals surface area contributed by atoms with E-state index in [1.54, 1.807) is 0 Å². The molecule has 0 aliphatic carbocycles. The number of hydrogen-bond acceptors (Lipinski definition) is 4. The molecular weight excluding hydrogens is 348 g/mol. The second-order valence-corrected chi connectivity index (χ2v) is 9.47. The van der Waals surface area contributed by atoms with Gasteiger partial charge in [0.15, 0.2) is 0 Å². The lowest BCUT2D eigenvalue weighted by Gasteiger charge is -2.14. The number of aryl methyl sites for hydroxylation is 2. The lowest BCUT2D eigenvalue weighted by atomic mass is 10.1. The maximum atomic E-state index is 12.5. The second-order valence-electron chi connectivity index (χ2n) is 5.63. The largest absolute Gasteiger partial charge is 0.279 e. The van der Waals surface area contributed by atoms with Crippen LogP contribution in [0.3, 0.4) is 0 Å². The zero-order chi connectivity index (χ0) is 18.1. The standard InChI is InChI=1S/C16H20N2O4S2/c1-12-6-5-7-13(2)16(12)17-23(19,20)14-8-10-15(11-9-14)24(21,22)18(3)4/h5-11,17H,1-4H3. The number of nitrogens with one attached hydrogen (secondary N) is 1. The Bertz CT molecular complexity index is 928. The van der Waals surface area contributed by atoms with Gasteiger partial charge in [-0.3, -0.25) is 4.72 Å². The molecule has 0 fully saturated rings. The van der Waals surface area contributed by atoms with Crippen LogP contribution in [-0.2, 0) is 20.0 Å². The Hall–Kier alpha value is -1.90. The van der Waals surface area contributed by atoms with Crippen LogP contribution in [0.1, 0.15) is 11.1 Å². The topological polar surface area (TPSA) is 83.5 Å². The lowest BCUT2D eigenvalue weighted by molar-refractivity contribution is 0.520. The number of hydrogen-bond donors (Lipinski definition) is 1. The summed E-state index contributed by atoms with van der Waals surface area (Å²) < 4.78 is 52.8. The first-order chi connectivity index (χ1) is 11.1. The first-order valence-electron chi connectivity index (χ1n) is 7.17. The van der Waals surface area contributed by atoms with Crippen molar-refractivity contribution in [2.75, 3.05) is 18.8 Å². The molecule has 130 valence electrons. The normalized spacial score (nSPS) is 12.4. The highest BCUT2D eigenvalue weighted by atomic mass is 32.2. The molecule has 8 heteroatoms. The van der Waals surface area contributed by atoms with Crippen molar-refractivity contribution in [3.63, 3.8) is 0 Å². The van der Waals surface area contributed by atoms with Crippen LogP contribution in [0.5, 0.6) is 0 Å². The Morgan fingerprint density at radius 1 is 0.792 bits per heavy atom. The number of benzene rings is 2. The van der Waals surface area contributed by atoms with Crippen molar-refractivity contribution < 1.29 is 16.8 Å². The molecule has 0 aliphatic heterocycles. The monoisotopic (exact) mass is 368 g/mol. The SMILES string of the molecule is Cc1cccc(C)c1NS(=O)(=O)c1ccc(S(=O)(=O)N(C)C)cc1. The zero-order valence-corrected chi connectivity index (χ0v) is 15.6. The van der Waals surface area contributed by atoms with E-state index in [2.05, 4.69) is 4.72 Å². The van der Waals surface area contributed by atoms with Gasteiger partial charge in [-0.1, -0.05) is 18.2 Å². The van der Waals surface area contributed by atoms with E-state index in [-0.39, 0.29) is 9.79 Å². The minimum absolute atomic E-state index is 0.00265. The first kappa shape index (κ1) is 18.4. The number of nitrogens with zero attached hydrogens (tertiary/aromatic N) is 1. The molecule has 0 unspecified atom stereocenters. The maximum absolute atomic E-state index is 12.5. The molecule has 2 aromatic carbocycles. The second kappa shape index (κ2) is 6.54. The van der Waals surface area contributed by atoms with Crippen molar-refractivity contribution in [3.05, 3.63) is 53.6 Å². The van der Waals surface area contributed by atoms with Crippen LogP contribution in [0.2, 0.25) is 0 Å². The molecule has 0 saturated carbocycles. The molecule has 2 rings (SSSR count). The number of sulfonamides is 2. The number of rotatable bonds is 5. The summed E-state index contributed by atoms with van der Waals surface area (Å²) >= 11 is 0. The molecule has 0 radical (unpaired) electrons. The lowest BCUT2D eigenvalue weighted by Crippen LogP contribution is -2.22. The molecule has 0 aliphatic rings. The van der Waals surface area contributed by atoms with E-state index >= 15 is 0 Å². The summed E-state index contributed by atoms with van der Waals surface area (Å²) in [6.07, 6.45) is 0. The van der Waals surface area contributed by atoms with Crippen molar-refractivity contribution in [2.45, 2.75) is 23.6 Å². The summed E-state index contributed by atoms with van der Waals surface area (Å²) in [5, 5.41) is 0. The molecule has 24 heavy (non-hydrogen) atoms. The maximum Gasteiger partial charge on any atom is 0.261 e. The zero-order valence-electron chi connectivity index (χ0n) is 13.9. The van der Waals surface area contributed by atoms with E-state index in [0.717, 1.165) is 15.4 Å². The summed E-state index contributed by atoms with van der Waals surface area (Å²) in [6.45, 7) is 3.63. The van der Waals surface area contributed by atoms with Gasteiger partial charge in [-0.15, -0.1) is 0 Å². The molecule has 0 saturated heterocycles. The number of para-hydroxylation sites is 1. The van der Waals surface area contributed by atoms with Gasteiger partial charge in [-0.05, 0) is 49.2 Å². The molecule has 6 nitrogen and oxygen atoms in total. The molecule has 0 bridgehead atoms. The van der Waals surface area contributed by atoms with E-state index in [9.17, 15) is 16.8 Å². The quantitative estimate of drug-likeness (QED) is 0.878. The average Bonchev–Trinajstić information content (AvgIpc) is 2.51. The molecular formula is C16H20N2O4S2. The third-order valence-corrected chi connectivity index (χ3v) is 6.83. The van der Waals surface area contributed by atoms with Crippen molar-refractivity contribution in [1.82, 2.24) is 4.31 Å². The molecule has 0 amide bonds. The van der Waals surface area contributed by atoms with Crippen molar-refractivity contribution in [1.29, 1.82) is 0 Å². The molecule has 0 aromatic heterocycles. The highest BCUT2D eigenvalue weighted by Gasteiger charge is 2.20. The van der Waals surface area contributed by atoms with Gasteiger partial charge in [0, 0.05) is 14.1 Å². The fourth-order valence-electron chi connectivity index (χ4n) is 2.17. The third-order valence-electron chi connectivity index (χ3n) is 3.63. The summed E-state index contributed by atoms with van der Waals surface area (Å²) in [5.74, 6) is 0. The Balaban J connectivity index is 2.38. The molecule has 1 N–H and O–H groups in total. The summed E-state index contributed by atoms with van der Waals surface area (Å²) in [7, 11) is -4.55. The Labute approximate surface area is 143 Å². The highest BCUT2D eigenvalue weighted by molar-refractivity contribution is 7.92. The predicted octanol–water partition coefficient (Wildman–Crippen LogP) is 2.35. The van der Waals surface area contributed by atoms with Gasteiger partial charge in [0.25, 0.3) is 10.0 Å². The predicted molar refractivity (Wildman–Crippen MR) is 94.0 cm³/mol. The van der Waals surface area contributed by atoms with E-state index in [1.165, 1.54) is 38.4 Å². The minimum atomic E-state index is -3.80. The van der Waals surface area contributed by atoms with E-state index in [0.29, 0.717) is 5.69 Å². The van der Waals surface area contributed by atoms with Crippen LogP contribution in [0, 0.1) is 13.8 Å². The van der Waals surface area contributed by atoms with Crippen molar-refractivity contribution >= 4 is 25.7 Å². The van der Waals surface area contributed by atoms with E-state index in [1.807, 2.05) is 32.0 Å². The first-order valence-corrected chi connectivity index (χ1v) is 10.1. The van der Waals surface area contributed by atoms with E-state index < -0.39 is 20.0 Å². The van der Waals surface area contributed by atoms with Gasteiger partial charge >= 0.3 is 0 Å². The van der Waals surface area contributed by atoms with Gasteiger partial charge in [-0.25, -0.2) is 21.1 Å². The highest BCUT2D eigenvalue weighted by Crippen LogP contribution is 2.24. The third kappa shape index (κ3) is 3.61. The minimum Gasteiger partial charge on any atom is -0.279 e. The molecule has 0 atom stereocenters. The summed E-state index contributed by atoms with van der Waals surface area (Å²) in [6, 6.07) is 10.6. The van der Waals surface area contributed by atoms with Crippen LogP contribution in [0.15, 0.2) is 52.3 Å². The Kier molecular flexibility index (Phi) is 5.03. The van der Waals surface area contributed by atoms with Crippen molar-refractivity contribution in [2.24, 2.45) is 0 Å². The summed E-state index contributed by atoms with van der Waals surface area (Å²) in [4.78, 5) is 0.0429. The van der Waals surface area contributed by atoms with Gasteiger partial charge in [0.1, 0.15) is 0 Å². The molecule has 0 spiro atoms. The van der Waals surface area contributed by atoms with Gasteiger partial charge < -0.3 is 0 Å². The van der Waals surface area contributed by atoms with Gasteiger partial charge in [-0.2, -0.15) is 0 Å². The number of anilines is 1. The molecule has 0 heterocycles. The fourth-order valence-corrected chi connectivity index (χ4v) is 4.27. The van der Waals surface area contributed by atoms with Gasteiger partial charge in [0.05, 0.1) is 15.5 Å². The fraction of sp³-hybridized carbons (Fsp3) is 0.250. The molecule has 2 aromatic rings. The van der Waals surface area contributed by atoms with Crippen LogP contribution in [0.25, 0.3) is 0 Å². The van der Waals surface area contributed by atoms with Crippen molar-refractivity contribution in [3.8, 4) is 0 Å². The van der Waals surface area contributed by atoms with Crippen LogP contribution in [-0.4, -0.2) is 35.2 Å². The van der Waals surface area contributed by atoms with Crippen LogP contribution < -0.4 is 4.72 Å². The Morgan fingerprint density at radius 3 is 1.71 bits per heavy atom. The van der Waals surface area contributed by atoms with Crippen LogP contribution >= 0.6 is 0 Å². The average molecular weight is 368 g/mol. The van der Waals surface area contributed by atoms with E-state index in [4.69, 9.17) is 0 Å². The van der Waals surface area contributed by atoms with Gasteiger partial charge in [0.2, 0.25) is 10.0 Å².